The van der Waals surface area contributed by atoms with Gasteiger partial charge in [-0.05, 0) is 54.5 Å². The number of rotatable bonds is 7. The van der Waals surface area contributed by atoms with Crippen molar-refractivity contribution < 1.29 is 9.47 Å². The molecule has 0 saturated heterocycles. The van der Waals surface area contributed by atoms with Crippen molar-refractivity contribution in [2.45, 2.75) is 13.3 Å². The molecule has 0 amide bonds. The van der Waals surface area contributed by atoms with Crippen LogP contribution in [0.15, 0.2) is 54.2 Å². The molecule has 0 aliphatic carbocycles. The van der Waals surface area contributed by atoms with Crippen molar-refractivity contribution >= 4 is 11.8 Å². The summed E-state index contributed by atoms with van der Waals surface area (Å²) in [5.74, 6) is 1.62. The fourth-order valence-corrected chi connectivity index (χ4v) is 1.97. The van der Waals surface area contributed by atoms with Crippen LogP contribution < -0.4 is 14.8 Å². The molecule has 1 N–H and O–H groups in total. The molecule has 0 aliphatic heterocycles. The second-order valence-electron chi connectivity index (χ2n) is 4.94. The van der Waals surface area contributed by atoms with Gasteiger partial charge in [0.1, 0.15) is 23.3 Å². The van der Waals surface area contributed by atoms with Crippen LogP contribution in [0.2, 0.25) is 0 Å². The molecule has 2 rings (SSSR count). The van der Waals surface area contributed by atoms with E-state index in [9.17, 15) is 5.26 Å². The van der Waals surface area contributed by atoms with Crippen molar-refractivity contribution in [3.8, 4) is 17.6 Å². The number of hydrogen-bond acceptors (Lipinski definition) is 4. The van der Waals surface area contributed by atoms with Gasteiger partial charge in [0.15, 0.2) is 0 Å². The highest BCUT2D eigenvalue weighted by Gasteiger charge is 2.00. The zero-order valence-corrected chi connectivity index (χ0v) is 13.4. The van der Waals surface area contributed by atoms with Gasteiger partial charge >= 0.3 is 0 Å². The number of hydrogen-bond donors (Lipinski definition) is 1. The van der Waals surface area contributed by atoms with Crippen LogP contribution in [0.5, 0.6) is 11.5 Å². The number of benzene rings is 2. The van der Waals surface area contributed by atoms with E-state index in [4.69, 9.17) is 9.47 Å². The van der Waals surface area contributed by atoms with E-state index in [1.165, 1.54) is 0 Å². The lowest BCUT2D eigenvalue weighted by molar-refractivity contribution is 0.317. The van der Waals surface area contributed by atoms with E-state index in [1.807, 2.05) is 48.5 Å². The molecular weight excluding hydrogens is 288 g/mol. The van der Waals surface area contributed by atoms with E-state index in [0.29, 0.717) is 12.3 Å². The fraction of sp³-hybridized carbons (Fsp3) is 0.211. The topological polar surface area (TPSA) is 54.3 Å². The number of allylic oxidation sites excluding steroid dienone is 1. The highest BCUT2D eigenvalue weighted by molar-refractivity contribution is 5.64. The van der Waals surface area contributed by atoms with Crippen LogP contribution in [-0.4, -0.2) is 13.7 Å². The van der Waals surface area contributed by atoms with Crippen LogP contribution in [0.3, 0.4) is 0 Å². The van der Waals surface area contributed by atoms with Gasteiger partial charge < -0.3 is 14.8 Å². The van der Waals surface area contributed by atoms with Crippen LogP contribution in [-0.2, 0) is 0 Å². The quantitative estimate of drug-likeness (QED) is 0.767. The predicted octanol–water partition coefficient (Wildman–Crippen LogP) is 4.46. The Kier molecular flexibility index (Phi) is 6.07. The van der Waals surface area contributed by atoms with Gasteiger partial charge in [0.25, 0.3) is 0 Å². The van der Waals surface area contributed by atoms with Crippen molar-refractivity contribution in [2.24, 2.45) is 0 Å². The molecule has 2 aromatic carbocycles. The molecule has 0 bridgehead atoms. The van der Waals surface area contributed by atoms with Crippen LogP contribution in [0.1, 0.15) is 18.9 Å². The highest BCUT2D eigenvalue weighted by Crippen LogP contribution is 2.18. The molecule has 4 nitrogen and oxygen atoms in total. The average molecular weight is 308 g/mol. The van der Waals surface area contributed by atoms with E-state index in [1.54, 1.807) is 13.2 Å². The first-order chi connectivity index (χ1) is 11.2. The third kappa shape index (κ3) is 5.08. The van der Waals surface area contributed by atoms with Crippen LogP contribution in [0, 0.1) is 11.3 Å². The second kappa shape index (κ2) is 8.50. The Hall–Kier alpha value is -2.93. The van der Waals surface area contributed by atoms with Crippen molar-refractivity contribution in [1.82, 2.24) is 0 Å². The van der Waals surface area contributed by atoms with Gasteiger partial charge in [-0.3, -0.25) is 0 Å². The Bertz CT molecular complexity index is 683. The number of nitrogens with zero attached hydrogens (tertiary/aromatic N) is 1. The summed E-state index contributed by atoms with van der Waals surface area (Å²) in [6.45, 7) is 2.78. The minimum absolute atomic E-state index is 0.470. The molecule has 0 heterocycles. The molecule has 0 aromatic heterocycles. The van der Waals surface area contributed by atoms with Crippen molar-refractivity contribution in [2.75, 3.05) is 19.0 Å². The summed E-state index contributed by atoms with van der Waals surface area (Å²) in [5, 5.41) is 12.4. The van der Waals surface area contributed by atoms with Crippen LogP contribution in [0.25, 0.3) is 6.08 Å². The summed E-state index contributed by atoms with van der Waals surface area (Å²) in [6.07, 6.45) is 2.78. The average Bonchev–Trinajstić information content (AvgIpc) is 2.61. The molecule has 0 spiro atoms. The first kappa shape index (κ1) is 16.4. The summed E-state index contributed by atoms with van der Waals surface area (Å²) in [4.78, 5) is 0. The Balaban J connectivity index is 2.07. The molecule has 2 aromatic rings. The smallest absolute Gasteiger partial charge is 0.119 e. The van der Waals surface area contributed by atoms with E-state index < -0.39 is 0 Å². The summed E-state index contributed by atoms with van der Waals surface area (Å²) in [5.41, 5.74) is 2.24. The summed E-state index contributed by atoms with van der Waals surface area (Å²) in [7, 11) is 1.62. The van der Waals surface area contributed by atoms with E-state index >= 15 is 0 Å². The van der Waals surface area contributed by atoms with Crippen LogP contribution in [0.4, 0.5) is 5.69 Å². The number of nitriles is 1. The maximum atomic E-state index is 9.29. The van der Waals surface area contributed by atoms with E-state index in [-0.39, 0.29) is 0 Å². The van der Waals surface area contributed by atoms with Gasteiger partial charge in [-0.1, -0.05) is 19.1 Å². The predicted molar refractivity (Wildman–Crippen MR) is 92.4 cm³/mol. The Morgan fingerprint density at radius 2 is 1.74 bits per heavy atom. The summed E-state index contributed by atoms with van der Waals surface area (Å²) in [6, 6.07) is 17.3. The monoisotopic (exact) mass is 308 g/mol. The van der Waals surface area contributed by atoms with Crippen molar-refractivity contribution in [1.29, 1.82) is 5.26 Å². The van der Waals surface area contributed by atoms with Gasteiger partial charge in [0, 0.05) is 5.69 Å². The van der Waals surface area contributed by atoms with Gasteiger partial charge in [0.05, 0.1) is 13.7 Å². The minimum atomic E-state index is 0.470. The molecule has 0 atom stereocenters. The van der Waals surface area contributed by atoms with E-state index in [2.05, 4.69) is 18.3 Å². The third-order valence-electron chi connectivity index (χ3n) is 3.15. The van der Waals surface area contributed by atoms with Crippen molar-refractivity contribution in [3.63, 3.8) is 0 Å². The standard InChI is InChI=1S/C19H20N2O2/c1-3-12-23-19-8-4-15(5-9-19)13-17(14-20)21-16-6-10-18(22-2)11-7-16/h4-11,13,21H,3,12H2,1-2H3. The SMILES string of the molecule is CCCOc1ccc(C=C(C#N)Nc2ccc(OC)cc2)cc1. The molecule has 4 heteroatoms. The number of ether oxygens (including phenoxy) is 2. The zero-order chi connectivity index (χ0) is 16.5. The maximum absolute atomic E-state index is 9.29. The fourth-order valence-electron chi connectivity index (χ4n) is 1.97. The van der Waals surface area contributed by atoms with Crippen molar-refractivity contribution in [3.05, 3.63) is 59.8 Å². The normalized spacial score (nSPS) is 10.7. The first-order valence-electron chi connectivity index (χ1n) is 7.51. The Morgan fingerprint density at radius 1 is 1.09 bits per heavy atom. The number of nitrogens with one attached hydrogen (secondary N) is 1. The molecule has 0 aliphatic rings. The van der Waals surface area contributed by atoms with E-state index in [0.717, 1.165) is 29.2 Å². The zero-order valence-electron chi connectivity index (χ0n) is 13.4. The Morgan fingerprint density at radius 3 is 2.30 bits per heavy atom. The molecule has 0 radical (unpaired) electrons. The lowest BCUT2D eigenvalue weighted by Crippen LogP contribution is -1.97. The molecule has 0 saturated carbocycles. The lowest BCUT2D eigenvalue weighted by atomic mass is 10.2. The number of methoxy groups -OCH3 is 1. The van der Waals surface area contributed by atoms with Crippen LogP contribution >= 0.6 is 0 Å². The summed E-state index contributed by atoms with van der Waals surface area (Å²) >= 11 is 0. The summed E-state index contributed by atoms with van der Waals surface area (Å²) < 4.78 is 10.7. The second-order valence-corrected chi connectivity index (χ2v) is 4.94. The number of anilines is 1. The Labute approximate surface area is 137 Å². The van der Waals surface area contributed by atoms with Gasteiger partial charge in [0.2, 0.25) is 0 Å². The minimum Gasteiger partial charge on any atom is -0.497 e. The third-order valence-corrected chi connectivity index (χ3v) is 3.15. The largest absolute Gasteiger partial charge is 0.497 e. The molecule has 0 fully saturated rings. The lowest BCUT2D eigenvalue weighted by Gasteiger charge is -2.07. The van der Waals surface area contributed by atoms with Gasteiger partial charge in [-0.2, -0.15) is 5.26 Å². The van der Waals surface area contributed by atoms with Gasteiger partial charge in [-0.25, -0.2) is 0 Å². The molecular formula is C19H20N2O2. The van der Waals surface area contributed by atoms with Gasteiger partial charge in [-0.15, -0.1) is 0 Å². The molecule has 118 valence electrons. The first-order valence-corrected chi connectivity index (χ1v) is 7.51. The maximum Gasteiger partial charge on any atom is 0.119 e. The molecule has 23 heavy (non-hydrogen) atoms. The highest BCUT2D eigenvalue weighted by atomic mass is 16.5. The molecule has 0 unspecified atom stereocenters.